The number of ether oxygens (including phenoxy) is 1. The van der Waals surface area contributed by atoms with Crippen LogP contribution in [0.25, 0.3) is 0 Å². The Hall–Kier alpha value is -1.35. The van der Waals surface area contributed by atoms with E-state index in [1.165, 1.54) is 0 Å². The Morgan fingerprint density at radius 3 is 2.94 bits per heavy atom. The minimum atomic E-state index is 0.0914. The minimum Gasteiger partial charge on any atom is -0.496 e. The third kappa shape index (κ3) is 2.67. The summed E-state index contributed by atoms with van der Waals surface area (Å²) in [5.74, 6) is 1.36. The van der Waals surface area contributed by atoms with Crippen molar-refractivity contribution in [3.8, 4) is 5.75 Å². The number of hydrogen-bond acceptors (Lipinski definition) is 3. The van der Waals surface area contributed by atoms with Gasteiger partial charge in [0.15, 0.2) is 0 Å². The largest absolute Gasteiger partial charge is 0.496 e. The highest BCUT2D eigenvalue weighted by atomic mass is 16.5. The van der Waals surface area contributed by atoms with Crippen LogP contribution >= 0.6 is 0 Å². The van der Waals surface area contributed by atoms with Gasteiger partial charge >= 0.3 is 0 Å². The topological polar surface area (TPSA) is 38.3 Å². The van der Waals surface area contributed by atoms with Crippen LogP contribution in [0.4, 0.5) is 0 Å². The number of piperidine rings is 1. The lowest BCUT2D eigenvalue weighted by Crippen LogP contribution is -2.46. The van der Waals surface area contributed by atoms with Crippen molar-refractivity contribution in [1.82, 2.24) is 5.32 Å². The third-order valence-corrected chi connectivity index (χ3v) is 3.52. The van der Waals surface area contributed by atoms with Crippen LogP contribution in [-0.4, -0.2) is 25.5 Å². The van der Waals surface area contributed by atoms with Crippen LogP contribution < -0.4 is 10.1 Å². The number of benzene rings is 1. The Morgan fingerprint density at radius 1 is 1.41 bits per heavy atom. The summed E-state index contributed by atoms with van der Waals surface area (Å²) in [6, 6.07) is 8.22. The molecule has 1 aromatic carbocycles. The monoisotopic (exact) mass is 233 g/mol. The van der Waals surface area contributed by atoms with Crippen LogP contribution in [0, 0.1) is 5.92 Å². The van der Waals surface area contributed by atoms with Gasteiger partial charge in [-0.15, -0.1) is 0 Å². The summed E-state index contributed by atoms with van der Waals surface area (Å²) in [4.78, 5) is 11.7. The molecule has 0 radical (unpaired) electrons. The second-order valence-electron chi connectivity index (χ2n) is 4.58. The van der Waals surface area contributed by atoms with Crippen molar-refractivity contribution < 1.29 is 9.53 Å². The molecule has 92 valence electrons. The Kier molecular flexibility index (Phi) is 3.79. The number of ketones is 1. The molecule has 0 aromatic heterocycles. The van der Waals surface area contributed by atoms with Crippen molar-refractivity contribution in [3.05, 3.63) is 29.8 Å². The molecule has 0 saturated carbocycles. The second-order valence-corrected chi connectivity index (χ2v) is 4.58. The molecular weight excluding hydrogens is 214 g/mol. The average molecular weight is 233 g/mol. The fourth-order valence-electron chi connectivity index (χ4n) is 2.37. The number of carbonyl (C=O) groups excluding carboxylic acids is 1. The highest BCUT2D eigenvalue weighted by Crippen LogP contribution is 2.23. The molecule has 1 aliphatic rings. The van der Waals surface area contributed by atoms with Crippen molar-refractivity contribution in [3.63, 3.8) is 0 Å². The summed E-state index contributed by atoms with van der Waals surface area (Å²) in [6.07, 6.45) is 1.50. The van der Waals surface area contributed by atoms with Gasteiger partial charge in [0.25, 0.3) is 0 Å². The number of carbonyl (C=O) groups is 1. The van der Waals surface area contributed by atoms with Crippen LogP contribution in [-0.2, 0) is 11.2 Å². The summed E-state index contributed by atoms with van der Waals surface area (Å²) >= 11 is 0. The standard InChI is InChI=1S/C14H19NO2/c1-10-12(15-8-7-13(10)16)9-11-5-3-4-6-14(11)17-2/h3-6,10,12,15H,7-9H2,1-2H3/t10-,12+/m1/s1. The molecule has 2 atom stereocenters. The van der Waals surface area contributed by atoms with Crippen LogP contribution in [0.1, 0.15) is 18.9 Å². The van der Waals surface area contributed by atoms with E-state index in [1.54, 1.807) is 7.11 Å². The zero-order valence-corrected chi connectivity index (χ0v) is 10.4. The lowest BCUT2D eigenvalue weighted by Gasteiger charge is -2.29. The number of Topliss-reactive ketones (excluding diaryl/α,β-unsaturated/α-hetero) is 1. The van der Waals surface area contributed by atoms with Gasteiger partial charge in [-0.05, 0) is 18.1 Å². The van der Waals surface area contributed by atoms with E-state index < -0.39 is 0 Å². The molecule has 3 nitrogen and oxygen atoms in total. The predicted octanol–water partition coefficient (Wildman–Crippen LogP) is 1.80. The first-order valence-electron chi connectivity index (χ1n) is 6.10. The van der Waals surface area contributed by atoms with Gasteiger partial charge in [-0.2, -0.15) is 0 Å². The van der Waals surface area contributed by atoms with E-state index in [0.717, 1.165) is 24.3 Å². The lowest BCUT2D eigenvalue weighted by atomic mass is 9.87. The van der Waals surface area contributed by atoms with Gasteiger partial charge in [-0.1, -0.05) is 25.1 Å². The molecule has 1 fully saturated rings. The molecule has 0 aliphatic carbocycles. The van der Waals surface area contributed by atoms with Gasteiger partial charge in [0.2, 0.25) is 0 Å². The van der Waals surface area contributed by atoms with Gasteiger partial charge in [0.05, 0.1) is 7.11 Å². The maximum absolute atomic E-state index is 11.7. The summed E-state index contributed by atoms with van der Waals surface area (Å²) in [6.45, 7) is 2.80. The number of para-hydroxylation sites is 1. The Morgan fingerprint density at radius 2 is 2.18 bits per heavy atom. The molecule has 17 heavy (non-hydrogen) atoms. The number of methoxy groups -OCH3 is 1. The molecule has 0 unspecified atom stereocenters. The molecule has 0 bridgehead atoms. The van der Waals surface area contributed by atoms with Crippen molar-refractivity contribution in [2.24, 2.45) is 5.92 Å². The second kappa shape index (κ2) is 5.32. The van der Waals surface area contributed by atoms with E-state index >= 15 is 0 Å². The normalized spacial score (nSPS) is 24.7. The SMILES string of the molecule is COc1ccccc1C[C@@H]1NCCC(=O)[C@@H]1C. The number of hydrogen-bond donors (Lipinski definition) is 1. The Balaban J connectivity index is 2.12. The van der Waals surface area contributed by atoms with E-state index in [2.05, 4.69) is 11.4 Å². The summed E-state index contributed by atoms with van der Waals surface area (Å²) < 4.78 is 5.34. The predicted molar refractivity (Wildman–Crippen MR) is 67.3 cm³/mol. The molecule has 3 heteroatoms. The number of rotatable bonds is 3. The molecule has 2 rings (SSSR count). The summed E-state index contributed by atoms with van der Waals surface area (Å²) in [7, 11) is 1.68. The smallest absolute Gasteiger partial charge is 0.138 e. The van der Waals surface area contributed by atoms with E-state index in [1.807, 2.05) is 25.1 Å². The minimum absolute atomic E-state index is 0.0914. The van der Waals surface area contributed by atoms with Crippen LogP contribution in [0.15, 0.2) is 24.3 Å². The molecule has 1 aliphatic heterocycles. The molecule has 1 saturated heterocycles. The first kappa shape index (κ1) is 12.1. The fourth-order valence-corrected chi connectivity index (χ4v) is 2.37. The van der Waals surface area contributed by atoms with Gasteiger partial charge in [0.1, 0.15) is 11.5 Å². The average Bonchev–Trinajstić information content (AvgIpc) is 2.35. The van der Waals surface area contributed by atoms with E-state index in [0.29, 0.717) is 12.2 Å². The fraction of sp³-hybridized carbons (Fsp3) is 0.500. The van der Waals surface area contributed by atoms with E-state index in [-0.39, 0.29) is 12.0 Å². The van der Waals surface area contributed by atoms with Crippen LogP contribution in [0.3, 0.4) is 0 Å². The van der Waals surface area contributed by atoms with Crippen molar-refractivity contribution in [1.29, 1.82) is 0 Å². The van der Waals surface area contributed by atoms with Crippen molar-refractivity contribution in [2.75, 3.05) is 13.7 Å². The quantitative estimate of drug-likeness (QED) is 0.865. The first-order valence-corrected chi connectivity index (χ1v) is 6.10. The van der Waals surface area contributed by atoms with Gasteiger partial charge in [0, 0.05) is 24.9 Å². The highest BCUT2D eigenvalue weighted by Gasteiger charge is 2.28. The molecular formula is C14H19NO2. The molecule has 1 heterocycles. The van der Waals surface area contributed by atoms with E-state index in [9.17, 15) is 4.79 Å². The van der Waals surface area contributed by atoms with Crippen molar-refractivity contribution in [2.45, 2.75) is 25.8 Å². The first-order chi connectivity index (χ1) is 8.22. The maximum atomic E-state index is 11.7. The van der Waals surface area contributed by atoms with Crippen LogP contribution in [0.2, 0.25) is 0 Å². The molecule has 1 N–H and O–H groups in total. The maximum Gasteiger partial charge on any atom is 0.138 e. The lowest BCUT2D eigenvalue weighted by molar-refractivity contribution is -0.124. The highest BCUT2D eigenvalue weighted by molar-refractivity contribution is 5.82. The zero-order valence-electron chi connectivity index (χ0n) is 10.4. The molecule has 0 amide bonds. The van der Waals surface area contributed by atoms with Crippen molar-refractivity contribution >= 4 is 5.78 Å². The number of nitrogens with one attached hydrogen (secondary N) is 1. The van der Waals surface area contributed by atoms with Gasteiger partial charge in [-0.25, -0.2) is 0 Å². The molecule has 0 spiro atoms. The zero-order chi connectivity index (χ0) is 12.3. The Labute approximate surface area is 102 Å². The third-order valence-electron chi connectivity index (χ3n) is 3.52. The van der Waals surface area contributed by atoms with Crippen LogP contribution in [0.5, 0.6) is 5.75 Å². The van der Waals surface area contributed by atoms with Gasteiger partial charge in [-0.3, -0.25) is 4.79 Å². The summed E-state index contributed by atoms with van der Waals surface area (Å²) in [5, 5.41) is 3.42. The summed E-state index contributed by atoms with van der Waals surface area (Å²) in [5.41, 5.74) is 1.16. The van der Waals surface area contributed by atoms with E-state index in [4.69, 9.17) is 4.74 Å². The molecule has 1 aromatic rings. The van der Waals surface area contributed by atoms with Gasteiger partial charge < -0.3 is 10.1 Å². The Bertz CT molecular complexity index is 403.